The molecule has 0 radical (unpaired) electrons. The Bertz CT molecular complexity index is 1170. The molecule has 2 aromatic carbocycles. The number of fused-ring (bicyclic) bond motifs is 1. The first-order valence-electron chi connectivity index (χ1n) is 10.7. The highest BCUT2D eigenvalue weighted by molar-refractivity contribution is 7.99. The van der Waals surface area contributed by atoms with E-state index in [1.807, 2.05) is 18.3 Å². The van der Waals surface area contributed by atoms with Crippen LogP contribution in [0.3, 0.4) is 0 Å². The summed E-state index contributed by atoms with van der Waals surface area (Å²) >= 11 is 1.56. The fourth-order valence-electron chi connectivity index (χ4n) is 4.26. The summed E-state index contributed by atoms with van der Waals surface area (Å²) in [6, 6.07) is 21.0. The van der Waals surface area contributed by atoms with Gasteiger partial charge in [0.15, 0.2) is 5.82 Å². The smallest absolute Gasteiger partial charge is 0.156 e. The highest BCUT2D eigenvalue weighted by Crippen LogP contribution is 2.38. The highest BCUT2D eigenvalue weighted by Gasteiger charge is 2.23. The number of pyridine rings is 1. The van der Waals surface area contributed by atoms with Crippen molar-refractivity contribution >= 4 is 34.2 Å². The molecule has 5 nitrogen and oxygen atoms in total. The zero-order valence-electron chi connectivity index (χ0n) is 17.3. The van der Waals surface area contributed by atoms with Crippen LogP contribution in [-0.4, -0.2) is 28.0 Å². The van der Waals surface area contributed by atoms with Gasteiger partial charge in [0, 0.05) is 29.6 Å². The molecule has 1 aliphatic heterocycles. The third-order valence-electron chi connectivity index (χ3n) is 5.91. The summed E-state index contributed by atoms with van der Waals surface area (Å²) in [6.45, 7) is 1.94. The maximum atomic E-state index is 6.56. The zero-order chi connectivity index (χ0) is 21.0. The second-order valence-electron chi connectivity index (χ2n) is 7.97. The number of benzene rings is 2. The van der Waals surface area contributed by atoms with Gasteiger partial charge in [-0.2, -0.15) is 0 Å². The minimum atomic E-state index is 0.655. The third kappa shape index (κ3) is 4.35. The van der Waals surface area contributed by atoms with Gasteiger partial charge in [0.2, 0.25) is 0 Å². The molecule has 0 atom stereocenters. The lowest BCUT2D eigenvalue weighted by Gasteiger charge is -2.33. The number of para-hydroxylation sites is 1. The fraction of sp³-hybridized carbons (Fsp3) is 0.240. The molecule has 31 heavy (non-hydrogen) atoms. The Hall–Kier alpha value is -3.12. The minimum Gasteiger partial charge on any atom is -0.394 e. The van der Waals surface area contributed by atoms with Crippen molar-refractivity contribution in [3.63, 3.8) is 0 Å². The summed E-state index contributed by atoms with van der Waals surface area (Å²) < 4.78 is 0. The van der Waals surface area contributed by atoms with Gasteiger partial charge in [0.25, 0.3) is 0 Å². The highest BCUT2D eigenvalue weighted by atomic mass is 32.2. The summed E-state index contributed by atoms with van der Waals surface area (Å²) in [5, 5.41) is 1.90. The van der Waals surface area contributed by atoms with Crippen molar-refractivity contribution in [2.45, 2.75) is 29.2 Å². The van der Waals surface area contributed by atoms with E-state index in [1.54, 1.807) is 18.1 Å². The molecular weight excluding hydrogens is 402 g/mol. The molecule has 1 fully saturated rings. The topological polar surface area (TPSA) is 67.9 Å². The Kier molecular flexibility index (Phi) is 5.71. The van der Waals surface area contributed by atoms with Crippen molar-refractivity contribution in [3.8, 4) is 0 Å². The lowest BCUT2D eigenvalue weighted by atomic mass is 9.90. The Labute approximate surface area is 186 Å². The molecule has 0 aliphatic carbocycles. The average Bonchev–Trinajstić information content (AvgIpc) is 2.82. The van der Waals surface area contributed by atoms with E-state index in [2.05, 4.69) is 68.4 Å². The molecule has 6 heteroatoms. The van der Waals surface area contributed by atoms with E-state index >= 15 is 0 Å². The summed E-state index contributed by atoms with van der Waals surface area (Å²) in [5.41, 5.74) is 9.60. The van der Waals surface area contributed by atoms with Crippen LogP contribution in [0.25, 0.3) is 10.9 Å². The molecule has 1 saturated heterocycles. The van der Waals surface area contributed by atoms with Crippen LogP contribution in [0.5, 0.6) is 0 Å². The Morgan fingerprint density at radius 2 is 1.71 bits per heavy atom. The summed E-state index contributed by atoms with van der Waals surface area (Å²) in [4.78, 5) is 16.9. The number of nitrogen functional groups attached to an aromatic ring is 1. The van der Waals surface area contributed by atoms with Crippen LogP contribution in [0.15, 0.2) is 83.1 Å². The number of piperidine rings is 1. The molecule has 3 heterocycles. The number of nitrogens with two attached hydrogens (primary N) is 1. The second-order valence-corrected chi connectivity index (χ2v) is 9.00. The molecule has 156 valence electrons. The number of rotatable bonds is 5. The maximum absolute atomic E-state index is 6.56. The lowest BCUT2D eigenvalue weighted by Crippen LogP contribution is -2.35. The van der Waals surface area contributed by atoms with Gasteiger partial charge in [-0.1, -0.05) is 60.3 Å². The first kappa shape index (κ1) is 19.8. The van der Waals surface area contributed by atoms with E-state index in [4.69, 9.17) is 5.73 Å². The van der Waals surface area contributed by atoms with Crippen molar-refractivity contribution in [1.82, 2.24) is 15.0 Å². The van der Waals surface area contributed by atoms with E-state index in [-0.39, 0.29) is 0 Å². The number of hydrogen-bond acceptors (Lipinski definition) is 6. The van der Waals surface area contributed by atoms with Crippen LogP contribution in [0.2, 0.25) is 0 Å². The first-order valence-corrected chi connectivity index (χ1v) is 11.5. The van der Waals surface area contributed by atoms with Gasteiger partial charge in [-0.15, -0.1) is 0 Å². The third-order valence-corrected chi connectivity index (χ3v) is 6.98. The van der Waals surface area contributed by atoms with E-state index in [1.165, 1.54) is 5.56 Å². The molecule has 0 bridgehead atoms. The first-order chi connectivity index (χ1) is 15.3. The van der Waals surface area contributed by atoms with Crippen LogP contribution in [0, 0.1) is 5.92 Å². The number of nitrogens with zero attached hydrogens (tertiary/aromatic N) is 4. The predicted molar refractivity (Wildman–Crippen MR) is 127 cm³/mol. The maximum Gasteiger partial charge on any atom is 0.156 e. The fourth-order valence-corrected chi connectivity index (χ4v) is 5.19. The molecule has 0 amide bonds. The van der Waals surface area contributed by atoms with Gasteiger partial charge >= 0.3 is 0 Å². The zero-order valence-corrected chi connectivity index (χ0v) is 18.1. The van der Waals surface area contributed by atoms with Crippen molar-refractivity contribution in [3.05, 3.63) is 78.8 Å². The van der Waals surface area contributed by atoms with Crippen LogP contribution >= 0.6 is 11.8 Å². The van der Waals surface area contributed by atoms with Crippen LogP contribution in [0.4, 0.5) is 11.5 Å². The van der Waals surface area contributed by atoms with Crippen LogP contribution in [-0.2, 0) is 6.42 Å². The molecule has 4 aromatic rings. The normalized spacial score (nSPS) is 14.8. The quantitative estimate of drug-likeness (QED) is 0.441. The Balaban J connectivity index is 1.31. The summed E-state index contributed by atoms with van der Waals surface area (Å²) in [5.74, 6) is 1.56. The average molecular weight is 428 g/mol. The number of hydrogen-bond donors (Lipinski definition) is 1. The summed E-state index contributed by atoms with van der Waals surface area (Å²) in [6.07, 6.45) is 6.88. The molecule has 1 aliphatic rings. The van der Waals surface area contributed by atoms with Gasteiger partial charge in [-0.25, -0.2) is 9.97 Å². The van der Waals surface area contributed by atoms with Gasteiger partial charge in [0.1, 0.15) is 17.0 Å². The minimum absolute atomic E-state index is 0.655. The van der Waals surface area contributed by atoms with Crippen LogP contribution in [0.1, 0.15) is 18.4 Å². The number of aromatic nitrogens is 3. The number of anilines is 2. The predicted octanol–water partition coefficient (Wildman–Crippen LogP) is 5.22. The van der Waals surface area contributed by atoms with Gasteiger partial charge in [0.05, 0.1) is 5.52 Å². The van der Waals surface area contributed by atoms with E-state index in [0.29, 0.717) is 11.6 Å². The van der Waals surface area contributed by atoms with Gasteiger partial charge in [-0.05, 0) is 42.9 Å². The second kappa shape index (κ2) is 8.94. The largest absolute Gasteiger partial charge is 0.394 e. The van der Waals surface area contributed by atoms with E-state index in [0.717, 1.165) is 59.0 Å². The summed E-state index contributed by atoms with van der Waals surface area (Å²) in [7, 11) is 0. The SMILES string of the molecule is Nc1c(Sc2cccc3cccnc23)ncnc1N1CCC(Cc2ccccc2)CC1. The molecular formula is C25H25N5S. The van der Waals surface area contributed by atoms with Crippen molar-refractivity contribution < 1.29 is 0 Å². The molecule has 0 spiro atoms. The standard InChI is InChI=1S/C25H25N5S/c26-22-24(30-14-11-19(12-15-30)16-18-6-2-1-3-7-18)28-17-29-25(22)31-21-10-4-8-20-9-5-13-27-23(20)21/h1-10,13,17,19H,11-12,14-16,26H2. The van der Waals surface area contributed by atoms with Crippen LogP contribution < -0.4 is 10.6 Å². The molecule has 0 unspecified atom stereocenters. The Morgan fingerprint density at radius 1 is 0.903 bits per heavy atom. The van der Waals surface area contributed by atoms with Crippen molar-refractivity contribution in [2.24, 2.45) is 5.92 Å². The Morgan fingerprint density at radius 3 is 2.55 bits per heavy atom. The van der Waals surface area contributed by atoms with E-state index < -0.39 is 0 Å². The molecule has 2 N–H and O–H groups in total. The van der Waals surface area contributed by atoms with E-state index in [9.17, 15) is 0 Å². The molecule has 0 saturated carbocycles. The van der Waals surface area contributed by atoms with Crippen molar-refractivity contribution in [2.75, 3.05) is 23.7 Å². The van der Waals surface area contributed by atoms with Crippen molar-refractivity contribution in [1.29, 1.82) is 0 Å². The van der Waals surface area contributed by atoms with Gasteiger partial charge < -0.3 is 10.6 Å². The monoisotopic (exact) mass is 427 g/mol. The molecule has 2 aromatic heterocycles. The van der Waals surface area contributed by atoms with Gasteiger partial charge in [-0.3, -0.25) is 4.98 Å². The lowest BCUT2D eigenvalue weighted by molar-refractivity contribution is 0.402. The molecule has 5 rings (SSSR count).